The number of aromatic nitrogens is 2. The predicted octanol–water partition coefficient (Wildman–Crippen LogP) is 2.82. The van der Waals surface area contributed by atoms with Crippen LogP contribution in [0, 0.1) is 19.8 Å². The molecule has 21 heavy (non-hydrogen) atoms. The molecule has 0 saturated heterocycles. The molecule has 1 aromatic rings. The highest BCUT2D eigenvalue weighted by molar-refractivity contribution is 7.99. The third kappa shape index (κ3) is 4.41. The normalized spacial score (nSPS) is 17.1. The van der Waals surface area contributed by atoms with E-state index >= 15 is 0 Å². The fraction of sp³-hybridized carbons (Fsp3) is 0.667. The molecule has 6 heteroatoms. The van der Waals surface area contributed by atoms with Gasteiger partial charge in [0.25, 0.3) is 0 Å². The summed E-state index contributed by atoms with van der Waals surface area (Å²) >= 11 is 1.31. The van der Waals surface area contributed by atoms with Gasteiger partial charge in [0.05, 0.1) is 11.8 Å². The van der Waals surface area contributed by atoms with Crippen molar-refractivity contribution < 1.29 is 15.0 Å². The fourth-order valence-electron chi connectivity index (χ4n) is 2.91. The number of rotatable bonds is 6. The first-order chi connectivity index (χ1) is 9.97. The first-order valence-corrected chi connectivity index (χ1v) is 8.35. The Morgan fingerprint density at radius 3 is 2.62 bits per heavy atom. The van der Waals surface area contributed by atoms with Crippen LogP contribution < -0.4 is 0 Å². The molecule has 1 aliphatic carbocycles. The third-order valence-corrected chi connectivity index (χ3v) is 5.00. The van der Waals surface area contributed by atoms with Crippen LogP contribution in [0.1, 0.15) is 54.0 Å². The monoisotopic (exact) mass is 310 g/mol. The largest absolute Gasteiger partial charge is 0.478 e. The van der Waals surface area contributed by atoms with Gasteiger partial charge in [-0.3, -0.25) is 0 Å². The summed E-state index contributed by atoms with van der Waals surface area (Å²) in [5.41, 5.74) is 0.626. The van der Waals surface area contributed by atoms with Crippen LogP contribution in [0.15, 0.2) is 5.03 Å². The number of nitrogens with zero attached hydrogens (tertiary/aromatic N) is 2. The van der Waals surface area contributed by atoms with Gasteiger partial charge in [-0.05, 0) is 26.2 Å². The molecule has 0 aromatic carbocycles. The molecule has 116 valence electrons. The van der Waals surface area contributed by atoms with Gasteiger partial charge in [-0.25, -0.2) is 14.8 Å². The number of hydrogen-bond acceptors (Lipinski definition) is 5. The average molecular weight is 310 g/mol. The summed E-state index contributed by atoms with van der Waals surface area (Å²) in [6.07, 6.45) is 5.33. The molecule has 1 unspecified atom stereocenters. The number of aliphatic hydroxyl groups excluding tert-OH is 1. The Labute approximate surface area is 129 Å². The Kier molecular flexibility index (Phi) is 5.58. The fourth-order valence-corrected chi connectivity index (χ4v) is 3.97. The van der Waals surface area contributed by atoms with Crippen molar-refractivity contribution >= 4 is 17.7 Å². The van der Waals surface area contributed by atoms with E-state index in [0.717, 1.165) is 6.42 Å². The summed E-state index contributed by atoms with van der Waals surface area (Å²) in [4.78, 5) is 19.6. The van der Waals surface area contributed by atoms with E-state index in [-0.39, 0.29) is 5.56 Å². The summed E-state index contributed by atoms with van der Waals surface area (Å²) in [5.74, 6) is 0.645. The number of aryl methyl sites for hydroxylation is 2. The molecular weight excluding hydrogens is 288 g/mol. The topological polar surface area (TPSA) is 83.3 Å². The van der Waals surface area contributed by atoms with Gasteiger partial charge in [0.2, 0.25) is 0 Å². The maximum atomic E-state index is 11.3. The number of aromatic carboxylic acids is 1. The Morgan fingerprint density at radius 2 is 2.00 bits per heavy atom. The summed E-state index contributed by atoms with van der Waals surface area (Å²) < 4.78 is 0. The maximum absolute atomic E-state index is 11.3. The first kappa shape index (κ1) is 16.2. The standard InChI is InChI=1S/C15H22N2O3S/c1-9-13(15(19)20)14(17-10(2)16-9)21-8-12(18)7-11-5-3-4-6-11/h11-12,18H,3-8H2,1-2H3,(H,19,20). The van der Waals surface area contributed by atoms with Crippen molar-refractivity contribution in [2.75, 3.05) is 5.75 Å². The van der Waals surface area contributed by atoms with Crippen LogP contribution in [0.4, 0.5) is 0 Å². The molecule has 0 spiro atoms. The van der Waals surface area contributed by atoms with Gasteiger partial charge in [0.1, 0.15) is 16.4 Å². The lowest BCUT2D eigenvalue weighted by molar-refractivity contribution is 0.0690. The van der Waals surface area contributed by atoms with Gasteiger partial charge in [-0.15, -0.1) is 11.8 Å². The Hall–Kier alpha value is -1.14. The molecule has 1 saturated carbocycles. The number of hydrogen-bond donors (Lipinski definition) is 2. The maximum Gasteiger partial charge on any atom is 0.340 e. The van der Waals surface area contributed by atoms with Gasteiger partial charge >= 0.3 is 5.97 Å². The molecule has 0 bridgehead atoms. The van der Waals surface area contributed by atoms with Crippen molar-refractivity contribution in [3.8, 4) is 0 Å². The van der Waals surface area contributed by atoms with E-state index in [0.29, 0.717) is 28.2 Å². The van der Waals surface area contributed by atoms with E-state index in [4.69, 9.17) is 0 Å². The second kappa shape index (κ2) is 7.22. The van der Waals surface area contributed by atoms with Crippen LogP contribution in [0.3, 0.4) is 0 Å². The molecular formula is C15H22N2O3S. The molecule has 1 heterocycles. The van der Waals surface area contributed by atoms with Crippen LogP contribution in [-0.4, -0.2) is 38.0 Å². The SMILES string of the molecule is Cc1nc(C)c(C(=O)O)c(SCC(O)CC2CCCC2)n1. The zero-order valence-corrected chi connectivity index (χ0v) is 13.3. The first-order valence-electron chi connectivity index (χ1n) is 7.36. The highest BCUT2D eigenvalue weighted by Crippen LogP contribution is 2.30. The van der Waals surface area contributed by atoms with Crippen LogP contribution in [-0.2, 0) is 0 Å². The van der Waals surface area contributed by atoms with Gasteiger partial charge in [0, 0.05) is 5.75 Å². The van der Waals surface area contributed by atoms with E-state index in [9.17, 15) is 15.0 Å². The molecule has 0 radical (unpaired) electrons. The number of thioether (sulfide) groups is 1. The van der Waals surface area contributed by atoms with Gasteiger partial charge in [-0.1, -0.05) is 25.7 Å². The number of carboxylic acids is 1. The molecule has 0 aliphatic heterocycles. The van der Waals surface area contributed by atoms with E-state index < -0.39 is 12.1 Å². The Balaban J connectivity index is 2.00. The van der Waals surface area contributed by atoms with Gasteiger partial charge in [0.15, 0.2) is 0 Å². The van der Waals surface area contributed by atoms with Crippen molar-refractivity contribution in [3.63, 3.8) is 0 Å². The van der Waals surface area contributed by atoms with E-state index in [1.165, 1.54) is 37.4 Å². The van der Waals surface area contributed by atoms with Crippen molar-refractivity contribution in [1.29, 1.82) is 0 Å². The number of carbonyl (C=O) groups is 1. The quantitative estimate of drug-likeness (QED) is 0.621. The summed E-state index contributed by atoms with van der Waals surface area (Å²) in [5, 5.41) is 19.9. The molecule has 1 aliphatic rings. The minimum atomic E-state index is -1.01. The lowest BCUT2D eigenvalue weighted by Crippen LogP contribution is -2.15. The number of carboxylic acid groups (broad SMARTS) is 1. The minimum Gasteiger partial charge on any atom is -0.478 e. The molecule has 5 nitrogen and oxygen atoms in total. The van der Waals surface area contributed by atoms with Crippen LogP contribution >= 0.6 is 11.8 Å². The van der Waals surface area contributed by atoms with Crippen LogP contribution in [0.25, 0.3) is 0 Å². The third-order valence-electron chi connectivity index (χ3n) is 3.87. The molecule has 2 N–H and O–H groups in total. The number of aliphatic hydroxyl groups is 1. The van der Waals surface area contributed by atoms with E-state index in [1.54, 1.807) is 13.8 Å². The second-order valence-electron chi connectivity index (χ2n) is 5.69. The van der Waals surface area contributed by atoms with Crippen molar-refractivity contribution in [2.24, 2.45) is 5.92 Å². The predicted molar refractivity (Wildman–Crippen MR) is 81.8 cm³/mol. The summed E-state index contributed by atoms with van der Waals surface area (Å²) in [6.45, 7) is 3.43. The highest BCUT2D eigenvalue weighted by Gasteiger charge is 2.21. The second-order valence-corrected chi connectivity index (χ2v) is 6.70. The van der Waals surface area contributed by atoms with Gasteiger partial charge in [-0.2, -0.15) is 0 Å². The van der Waals surface area contributed by atoms with Crippen LogP contribution in [0.2, 0.25) is 0 Å². The van der Waals surface area contributed by atoms with Crippen molar-refractivity contribution in [1.82, 2.24) is 9.97 Å². The lowest BCUT2D eigenvalue weighted by atomic mass is 10.0. The molecule has 0 amide bonds. The van der Waals surface area contributed by atoms with Crippen LogP contribution in [0.5, 0.6) is 0 Å². The zero-order chi connectivity index (χ0) is 15.4. The Bertz CT molecular complexity index is 516. The highest BCUT2D eigenvalue weighted by atomic mass is 32.2. The van der Waals surface area contributed by atoms with Crippen molar-refractivity contribution in [3.05, 3.63) is 17.1 Å². The summed E-state index contributed by atoms with van der Waals surface area (Å²) in [6, 6.07) is 0. The minimum absolute atomic E-state index is 0.152. The van der Waals surface area contributed by atoms with E-state index in [2.05, 4.69) is 9.97 Å². The summed E-state index contributed by atoms with van der Waals surface area (Å²) in [7, 11) is 0. The lowest BCUT2D eigenvalue weighted by Gasteiger charge is -2.15. The smallest absolute Gasteiger partial charge is 0.340 e. The molecule has 1 fully saturated rings. The Morgan fingerprint density at radius 1 is 1.33 bits per heavy atom. The van der Waals surface area contributed by atoms with E-state index in [1.807, 2.05) is 0 Å². The average Bonchev–Trinajstić information content (AvgIpc) is 2.87. The molecule has 1 aromatic heterocycles. The zero-order valence-electron chi connectivity index (χ0n) is 12.5. The molecule has 2 rings (SSSR count). The van der Waals surface area contributed by atoms with Gasteiger partial charge < -0.3 is 10.2 Å². The molecule has 1 atom stereocenters. The van der Waals surface area contributed by atoms with Crippen molar-refractivity contribution in [2.45, 2.75) is 57.1 Å².